The van der Waals surface area contributed by atoms with E-state index in [-0.39, 0.29) is 50.1 Å². The summed E-state index contributed by atoms with van der Waals surface area (Å²) >= 11 is 0. The number of aryl methyl sites for hydroxylation is 3. The lowest BCUT2D eigenvalue weighted by molar-refractivity contribution is -0.130. The zero-order valence-electron chi connectivity index (χ0n) is 53.1. The lowest BCUT2D eigenvalue weighted by Crippen LogP contribution is -2.55. The topological polar surface area (TPSA) is 262 Å². The maximum absolute atomic E-state index is 14.7. The molecular formula is C70H82BN7O12S. The van der Waals surface area contributed by atoms with Gasteiger partial charge >= 0.3 is 7.12 Å². The van der Waals surface area contributed by atoms with Crippen LogP contribution in [0.25, 0.3) is 0 Å². The molecule has 6 N–H and O–H groups in total. The van der Waals surface area contributed by atoms with E-state index in [0.717, 1.165) is 58.5 Å². The van der Waals surface area contributed by atoms with Crippen LogP contribution in [0.3, 0.4) is 0 Å². The number of anilines is 1. The fraction of sp³-hybridized carbons (Fsp3) is 0.386. The third kappa shape index (κ3) is 15.0. The number of ketones is 2. The number of aliphatic imine (C=N–C) groups is 1. The average molecular weight is 1260 g/mol. The number of nitrogens with one attached hydrogen (secondary N) is 4. The Kier molecular flexibility index (Phi) is 21.2. The summed E-state index contributed by atoms with van der Waals surface area (Å²) in [5.41, 5.74) is 10.3. The van der Waals surface area contributed by atoms with E-state index in [1.807, 2.05) is 124 Å². The van der Waals surface area contributed by atoms with Crippen LogP contribution in [0.1, 0.15) is 132 Å². The average Bonchev–Trinajstić information content (AvgIpc) is 1.70. The highest BCUT2D eigenvalue weighted by Crippen LogP contribution is 2.49. The summed E-state index contributed by atoms with van der Waals surface area (Å²) < 4.78 is 46.1. The number of carbonyl (C=O) groups excluding carboxylic acids is 6. The number of amides is 4. The molecule has 1 saturated heterocycles. The van der Waals surface area contributed by atoms with Gasteiger partial charge in [-0.1, -0.05) is 125 Å². The molecule has 1 aliphatic carbocycles. The fourth-order valence-corrected chi connectivity index (χ4v) is 13.7. The monoisotopic (exact) mass is 1260 g/mol. The van der Waals surface area contributed by atoms with Gasteiger partial charge in [-0.05, 0) is 116 Å². The molecule has 478 valence electrons. The van der Waals surface area contributed by atoms with Crippen LogP contribution >= 0.6 is 0 Å². The van der Waals surface area contributed by atoms with Gasteiger partial charge in [0.05, 0.1) is 19.4 Å². The quantitative estimate of drug-likeness (QED) is 0.00765. The third-order valence-electron chi connectivity index (χ3n) is 17.9. The van der Waals surface area contributed by atoms with Crippen LogP contribution < -0.4 is 36.4 Å². The van der Waals surface area contributed by atoms with Gasteiger partial charge < -0.3 is 45.5 Å². The normalized spacial score (nSPS) is 17.4. The molecule has 3 heterocycles. The molecule has 2 atom stereocenters. The van der Waals surface area contributed by atoms with Crippen LogP contribution in [-0.2, 0) is 64.2 Å². The van der Waals surface area contributed by atoms with Gasteiger partial charge in [0.1, 0.15) is 23.6 Å². The number of hydrogen-bond acceptors (Lipinski definition) is 14. The Hall–Kier alpha value is -8.50. The molecule has 0 saturated carbocycles. The van der Waals surface area contributed by atoms with Crippen LogP contribution in [0.5, 0.6) is 5.75 Å². The number of likely N-dealkylation sites (N-methyl/N-ethyl adjacent to an activating group) is 1. The smallest absolute Gasteiger partial charge is 0.495 e. The number of hydrogen-bond donors (Lipinski definition) is 6. The van der Waals surface area contributed by atoms with Crippen molar-refractivity contribution in [3.63, 3.8) is 0 Å². The van der Waals surface area contributed by atoms with Crippen LogP contribution in [0.2, 0.25) is 0 Å². The molecule has 0 radical (unpaired) electrons. The summed E-state index contributed by atoms with van der Waals surface area (Å²) in [6.45, 7) is 10.9. The van der Waals surface area contributed by atoms with E-state index in [4.69, 9.17) is 14.4 Å². The van der Waals surface area contributed by atoms with Crippen molar-refractivity contribution in [3.05, 3.63) is 194 Å². The predicted molar refractivity (Wildman–Crippen MR) is 352 cm³/mol. The second-order valence-corrected chi connectivity index (χ2v) is 26.2. The van der Waals surface area contributed by atoms with Gasteiger partial charge in [0.15, 0.2) is 11.6 Å². The standard InChI is InChI=1S/C70H82BN7O12S/c1-44-21-12-15-26-53(44)69(2,3)58(72-6)40-50-62(51(64(50)81)41-59-70(4,5)54-27-16-17-28-56(54)77(59)7)78-38-20-29-57(78)68(84)76-55(43-91(86,87)88)67(83)74-35-19-18-30-60(79)73-36-37-75-66(82)49-39-48(65(89-8)61-52(49)42-90-71(61)85)25-14-13-22-45-31-33-47(34-32-45)63(80)46-23-10-9-11-24-46/h9-12,15-17,21,23-24,26-28,31-34,39-41,55,57,85H,13-14,18-20,22,25,29-30,35-38,42-43H2,1-8H3,(H,73,79)(H,74,83)(H,75,82)(H,76,84)(H,86,87,88)/b50-40-,59-41+,72-58+/t55?,57-/m1/s1. The van der Waals surface area contributed by atoms with Crippen molar-refractivity contribution in [2.45, 2.75) is 122 Å². The summed E-state index contributed by atoms with van der Waals surface area (Å²) in [5, 5.41) is 21.7. The molecule has 5 aromatic rings. The van der Waals surface area contributed by atoms with Crippen molar-refractivity contribution < 1.29 is 56.2 Å². The minimum atomic E-state index is -4.79. The predicted octanol–water partition coefficient (Wildman–Crippen LogP) is 7.11. The molecule has 91 heavy (non-hydrogen) atoms. The minimum Gasteiger partial charge on any atom is -0.497 e. The fourth-order valence-electron chi connectivity index (χ4n) is 13.1. The molecule has 3 aliphatic heterocycles. The summed E-state index contributed by atoms with van der Waals surface area (Å²) in [6.07, 6.45) is 8.13. The van der Waals surface area contributed by atoms with Gasteiger partial charge in [0, 0.05) is 108 Å². The first-order chi connectivity index (χ1) is 43.4. The second kappa shape index (κ2) is 28.8. The minimum absolute atomic E-state index is 0.00558. The maximum atomic E-state index is 14.7. The van der Waals surface area contributed by atoms with Gasteiger partial charge in [-0.2, -0.15) is 8.42 Å². The number of para-hydroxylation sites is 1. The lowest BCUT2D eigenvalue weighted by atomic mass is 9.74. The van der Waals surface area contributed by atoms with Crippen molar-refractivity contribution in [1.29, 1.82) is 0 Å². The van der Waals surface area contributed by atoms with E-state index >= 15 is 0 Å². The Balaban J connectivity index is 0.780. The van der Waals surface area contributed by atoms with E-state index in [0.29, 0.717) is 94.7 Å². The summed E-state index contributed by atoms with van der Waals surface area (Å²) in [5.74, 6) is -3.11. The van der Waals surface area contributed by atoms with E-state index in [1.165, 1.54) is 7.11 Å². The van der Waals surface area contributed by atoms with Crippen LogP contribution in [-0.4, -0.2) is 136 Å². The Labute approximate surface area is 533 Å². The van der Waals surface area contributed by atoms with Crippen molar-refractivity contribution in [3.8, 4) is 5.75 Å². The molecule has 21 heteroatoms. The molecule has 1 fully saturated rings. The molecule has 4 amide bonds. The summed E-state index contributed by atoms with van der Waals surface area (Å²) in [4.78, 5) is 91.1. The zero-order valence-corrected chi connectivity index (χ0v) is 53.9. The summed E-state index contributed by atoms with van der Waals surface area (Å²) in [7, 11) is -0.901. The number of carbonyl (C=O) groups is 6. The van der Waals surface area contributed by atoms with Crippen molar-refractivity contribution >= 4 is 69.3 Å². The number of ether oxygens (including phenoxy) is 1. The number of Topliss-reactive ketones (excluding diaryl/α,β-unsaturated/α-hetero) is 1. The number of nitrogens with zero attached hydrogens (tertiary/aromatic N) is 3. The SMILES string of the molecule is C/N=C(\C=C1/C(=O)C(/C=C2/N(C)c3ccccc3C2(C)C)=C1N1CCC[C@@H]1C(=O)NC(CS(=O)(=O)O)C(=O)NCCCCC(=O)NCCNC(=O)c1cc(CCCCc2ccc(C(=O)c3ccccc3)cc2)c(OC)c2c1COB2O)C(C)(C)c1ccccc1C. The first-order valence-corrected chi connectivity index (χ1v) is 32.7. The largest absolute Gasteiger partial charge is 0.497 e. The molecule has 5 aromatic carbocycles. The number of fused-ring (bicyclic) bond motifs is 2. The van der Waals surface area contributed by atoms with E-state index in [9.17, 15) is 46.8 Å². The number of unbranched alkanes of at least 4 members (excludes halogenated alkanes) is 2. The van der Waals surface area contributed by atoms with E-state index in [2.05, 4.69) is 46.1 Å². The van der Waals surface area contributed by atoms with Crippen LogP contribution in [0, 0.1) is 6.92 Å². The Bertz CT molecular complexity index is 3860. The Morgan fingerprint density at radius 3 is 2.26 bits per heavy atom. The molecule has 0 spiro atoms. The molecule has 9 rings (SSSR count). The zero-order chi connectivity index (χ0) is 65.4. The molecule has 0 aromatic heterocycles. The summed E-state index contributed by atoms with van der Waals surface area (Å²) in [6, 6.07) is 32.0. The first-order valence-electron chi connectivity index (χ1n) is 31.1. The van der Waals surface area contributed by atoms with Crippen molar-refractivity contribution in [1.82, 2.24) is 26.2 Å². The van der Waals surface area contributed by atoms with Crippen molar-refractivity contribution in [2.24, 2.45) is 4.99 Å². The van der Waals surface area contributed by atoms with Gasteiger partial charge in [0.2, 0.25) is 17.7 Å². The number of likely N-dealkylation sites (tertiary alicyclic amines) is 1. The highest BCUT2D eigenvalue weighted by molar-refractivity contribution is 7.85. The van der Waals surface area contributed by atoms with E-state index < -0.39 is 63.6 Å². The molecule has 1 unspecified atom stereocenters. The number of methoxy groups -OCH3 is 1. The first kappa shape index (κ1) is 66.9. The van der Waals surface area contributed by atoms with Gasteiger partial charge in [-0.15, -0.1) is 0 Å². The van der Waals surface area contributed by atoms with E-state index in [1.54, 1.807) is 31.3 Å². The van der Waals surface area contributed by atoms with Gasteiger partial charge in [0.25, 0.3) is 16.0 Å². The molecular weight excluding hydrogens is 1170 g/mol. The van der Waals surface area contributed by atoms with Crippen molar-refractivity contribution in [2.75, 3.05) is 58.0 Å². The number of rotatable bonds is 27. The van der Waals surface area contributed by atoms with Crippen LogP contribution in [0.4, 0.5) is 5.69 Å². The highest BCUT2D eigenvalue weighted by Gasteiger charge is 2.46. The Morgan fingerprint density at radius 2 is 1.56 bits per heavy atom. The lowest BCUT2D eigenvalue weighted by Gasteiger charge is -2.38. The number of benzene rings is 5. The molecule has 19 nitrogen and oxygen atoms in total. The van der Waals surface area contributed by atoms with Crippen LogP contribution in [0.15, 0.2) is 149 Å². The maximum Gasteiger partial charge on any atom is 0.495 e. The Morgan fingerprint density at radius 1 is 0.879 bits per heavy atom. The third-order valence-corrected chi connectivity index (χ3v) is 18.7. The molecule has 0 bridgehead atoms. The molecule has 4 aliphatic rings. The highest BCUT2D eigenvalue weighted by atomic mass is 32.2. The van der Waals surface area contributed by atoms with Gasteiger partial charge in [-0.3, -0.25) is 38.3 Å². The van der Waals surface area contributed by atoms with Gasteiger partial charge in [-0.25, -0.2) is 0 Å². The second-order valence-electron chi connectivity index (χ2n) is 24.7. The number of allylic oxidation sites excluding steroid dienone is 5.